The average Bonchev–Trinajstić information content (AvgIpc) is 2.52. The summed E-state index contributed by atoms with van der Waals surface area (Å²) in [5.41, 5.74) is 5.80. The SMILES string of the molecule is Nc1nc(N2CCC(N3CCCCC3)CC2)c(Cl)cc1Cl. The van der Waals surface area contributed by atoms with Gasteiger partial charge < -0.3 is 15.5 Å². The van der Waals surface area contributed by atoms with Gasteiger partial charge in [-0.3, -0.25) is 0 Å². The van der Waals surface area contributed by atoms with E-state index in [-0.39, 0.29) is 0 Å². The van der Waals surface area contributed by atoms with Crippen LogP contribution < -0.4 is 10.6 Å². The molecule has 0 unspecified atom stereocenters. The van der Waals surface area contributed by atoms with Gasteiger partial charge >= 0.3 is 0 Å². The summed E-state index contributed by atoms with van der Waals surface area (Å²) < 4.78 is 0. The first kappa shape index (κ1) is 15.2. The first-order chi connectivity index (χ1) is 10.1. The number of hydrogen-bond donors (Lipinski definition) is 1. The molecule has 2 aliphatic heterocycles. The molecule has 0 spiro atoms. The molecule has 3 rings (SSSR count). The maximum Gasteiger partial charge on any atom is 0.149 e. The largest absolute Gasteiger partial charge is 0.382 e. The standard InChI is InChI=1S/C15H22Cl2N4/c16-12-10-13(17)15(19-14(12)18)21-8-4-11(5-9-21)20-6-2-1-3-7-20/h10-11H,1-9H2,(H2,18,19). The maximum atomic E-state index is 6.27. The molecule has 0 bridgehead atoms. The molecule has 2 fully saturated rings. The molecular weight excluding hydrogens is 307 g/mol. The molecule has 0 aliphatic carbocycles. The van der Waals surface area contributed by atoms with Crippen molar-refractivity contribution in [3.63, 3.8) is 0 Å². The fourth-order valence-corrected chi connectivity index (χ4v) is 3.90. The summed E-state index contributed by atoms with van der Waals surface area (Å²) in [6.45, 7) is 4.49. The van der Waals surface area contributed by atoms with E-state index in [2.05, 4.69) is 14.8 Å². The van der Waals surface area contributed by atoms with Crippen molar-refractivity contribution >= 4 is 34.8 Å². The van der Waals surface area contributed by atoms with Gasteiger partial charge in [0.1, 0.15) is 11.6 Å². The molecule has 2 N–H and O–H groups in total. The molecule has 2 aliphatic rings. The second-order valence-corrected chi connectivity index (χ2v) is 6.79. The van der Waals surface area contributed by atoms with Crippen molar-refractivity contribution in [1.29, 1.82) is 0 Å². The molecule has 2 saturated heterocycles. The topological polar surface area (TPSA) is 45.4 Å². The summed E-state index contributed by atoms with van der Waals surface area (Å²) >= 11 is 12.2. The zero-order valence-electron chi connectivity index (χ0n) is 12.2. The van der Waals surface area contributed by atoms with E-state index in [1.54, 1.807) is 6.07 Å². The van der Waals surface area contributed by atoms with Crippen LogP contribution in [0.3, 0.4) is 0 Å². The van der Waals surface area contributed by atoms with E-state index >= 15 is 0 Å². The average molecular weight is 329 g/mol. The Morgan fingerprint density at radius 3 is 2.33 bits per heavy atom. The van der Waals surface area contributed by atoms with Crippen molar-refractivity contribution < 1.29 is 0 Å². The molecule has 21 heavy (non-hydrogen) atoms. The van der Waals surface area contributed by atoms with Gasteiger partial charge in [0.2, 0.25) is 0 Å². The molecule has 0 aromatic carbocycles. The van der Waals surface area contributed by atoms with E-state index in [0.717, 1.165) is 18.9 Å². The summed E-state index contributed by atoms with van der Waals surface area (Å²) in [5.74, 6) is 1.13. The van der Waals surface area contributed by atoms with E-state index in [1.807, 2.05) is 0 Å². The third kappa shape index (κ3) is 3.38. The molecule has 6 heteroatoms. The monoisotopic (exact) mass is 328 g/mol. The second kappa shape index (κ2) is 6.59. The Hall–Kier alpha value is -0.710. The van der Waals surface area contributed by atoms with Gasteiger partial charge in [0.05, 0.1) is 10.0 Å². The highest BCUT2D eigenvalue weighted by molar-refractivity contribution is 6.37. The summed E-state index contributed by atoms with van der Waals surface area (Å²) in [7, 11) is 0. The fraction of sp³-hybridized carbons (Fsp3) is 0.667. The van der Waals surface area contributed by atoms with E-state index in [9.17, 15) is 0 Å². The third-order valence-corrected chi connectivity index (χ3v) is 5.19. The Morgan fingerprint density at radius 2 is 1.67 bits per heavy atom. The van der Waals surface area contributed by atoms with Gasteiger partial charge in [-0.2, -0.15) is 0 Å². The highest BCUT2D eigenvalue weighted by atomic mass is 35.5. The Kier molecular flexibility index (Phi) is 4.77. The van der Waals surface area contributed by atoms with Crippen molar-refractivity contribution in [2.24, 2.45) is 0 Å². The quantitative estimate of drug-likeness (QED) is 0.903. The predicted octanol–water partition coefficient (Wildman–Crippen LogP) is 3.43. The van der Waals surface area contributed by atoms with Gasteiger partial charge in [-0.05, 0) is 44.8 Å². The minimum absolute atomic E-state index is 0.356. The second-order valence-electron chi connectivity index (χ2n) is 5.98. The maximum absolute atomic E-state index is 6.27. The minimum atomic E-state index is 0.356. The zero-order valence-corrected chi connectivity index (χ0v) is 13.7. The summed E-state index contributed by atoms with van der Waals surface area (Å²) in [6, 6.07) is 2.40. The van der Waals surface area contributed by atoms with Crippen LogP contribution in [0.1, 0.15) is 32.1 Å². The van der Waals surface area contributed by atoms with Crippen LogP contribution in [0.5, 0.6) is 0 Å². The zero-order chi connectivity index (χ0) is 14.8. The highest BCUT2D eigenvalue weighted by Gasteiger charge is 2.27. The number of nitrogen functional groups attached to an aromatic ring is 1. The molecule has 0 radical (unpaired) electrons. The summed E-state index contributed by atoms with van der Waals surface area (Å²) in [6.07, 6.45) is 6.42. The number of halogens is 2. The van der Waals surface area contributed by atoms with E-state index in [4.69, 9.17) is 28.9 Å². The Bertz CT molecular complexity index is 495. The molecule has 1 aromatic heterocycles. The Morgan fingerprint density at radius 1 is 1.00 bits per heavy atom. The number of aromatic nitrogens is 1. The lowest BCUT2D eigenvalue weighted by atomic mass is 10.00. The van der Waals surface area contributed by atoms with Crippen LogP contribution in [0.15, 0.2) is 6.07 Å². The molecule has 0 atom stereocenters. The number of rotatable bonds is 2. The van der Waals surface area contributed by atoms with Crippen molar-refractivity contribution in [1.82, 2.24) is 9.88 Å². The van der Waals surface area contributed by atoms with Gasteiger partial charge in [-0.15, -0.1) is 0 Å². The van der Waals surface area contributed by atoms with Gasteiger partial charge in [0, 0.05) is 19.1 Å². The number of anilines is 2. The molecule has 0 amide bonds. The number of nitrogens with two attached hydrogens (primary N) is 1. The molecule has 0 saturated carbocycles. The molecule has 3 heterocycles. The number of pyridine rings is 1. The molecule has 116 valence electrons. The molecular formula is C15H22Cl2N4. The van der Waals surface area contributed by atoms with Crippen molar-refractivity contribution in [3.05, 3.63) is 16.1 Å². The van der Waals surface area contributed by atoms with Gasteiger partial charge in [-0.1, -0.05) is 29.6 Å². The predicted molar refractivity (Wildman–Crippen MR) is 89.3 cm³/mol. The number of hydrogen-bond acceptors (Lipinski definition) is 4. The minimum Gasteiger partial charge on any atom is -0.382 e. The van der Waals surface area contributed by atoms with Crippen LogP contribution in [-0.4, -0.2) is 42.1 Å². The lowest BCUT2D eigenvalue weighted by Gasteiger charge is -2.40. The van der Waals surface area contributed by atoms with Gasteiger partial charge in [0.15, 0.2) is 0 Å². The third-order valence-electron chi connectivity index (χ3n) is 4.61. The lowest BCUT2D eigenvalue weighted by molar-refractivity contribution is 0.141. The number of likely N-dealkylation sites (tertiary alicyclic amines) is 1. The van der Waals surface area contributed by atoms with E-state index in [1.165, 1.54) is 45.2 Å². The van der Waals surface area contributed by atoms with Crippen molar-refractivity contribution in [2.75, 3.05) is 36.8 Å². The van der Waals surface area contributed by atoms with Crippen LogP contribution in [-0.2, 0) is 0 Å². The van der Waals surface area contributed by atoms with E-state index in [0.29, 0.717) is 21.9 Å². The molecule has 1 aromatic rings. The van der Waals surface area contributed by atoms with Crippen LogP contribution in [0, 0.1) is 0 Å². The summed E-state index contributed by atoms with van der Waals surface area (Å²) in [5, 5.41) is 1.01. The molecule has 4 nitrogen and oxygen atoms in total. The Labute approximate surface area is 136 Å². The van der Waals surface area contributed by atoms with Gasteiger partial charge in [-0.25, -0.2) is 4.98 Å². The van der Waals surface area contributed by atoms with Crippen molar-refractivity contribution in [3.8, 4) is 0 Å². The first-order valence-corrected chi connectivity index (χ1v) is 8.51. The smallest absolute Gasteiger partial charge is 0.149 e. The van der Waals surface area contributed by atoms with Crippen LogP contribution >= 0.6 is 23.2 Å². The highest BCUT2D eigenvalue weighted by Crippen LogP contribution is 2.32. The van der Waals surface area contributed by atoms with Crippen molar-refractivity contribution in [2.45, 2.75) is 38.1 Å². The summed E-state index contributed by atoms with van der Waals surface area (Å²) in [4.78, 5) is 9.25. The lowest BCUT2D eigenvalue weighted by Crippen LogP contribution is -2.47. The Balaban J connectivity index is 1.64. The number of piperidine rings is 2. The first-order valence-electron chi connectivity index (χ1n) is 7.75. The fourth-order valence-electron chi connectivity index (χ4n) is 3.42. The van der Waals surface area contributed by atoms with Crippen LogP contribution in [0.2, 0.25) is 10.0 Å². The number of nitrogens with zero attached hydrogens (tertiary/aromatic N) is 3. The van der Waals surface area contributed by atoms with E-state index < -0.39 is 0 Å². The van der Waals surface area contributed by atoms with Gasteiger partial charge in [0.25, 0.3) is 0 Å². The van der Waals surface area contributed by atoms with Crippen LogP contribution in [0.25, 0.3) is 0 Å². The van der Waals surface area contributed by atoms with Crippen LogP contribution in [0.4, 0.5) is 11.6 Å². The normalized spacial score (nSPS) is 21.7.